The second-order valence-corrected chi connectivity index (χ2v) is 7.54. The van der Waals surface area contributed by atoms with Gasteiger partial charge in [-0.2, -0.15) is 0 Å². The largest absolute Gasteiger partial charge is 0.260 e. The second kappa shape index (κ2) is 6.72. The highest BCUT2D eigenvalue weighted by Crippen LogP contribution is 2.30. The van der Waals surface area contributed by atoms with Crippen molar-refractivity contribution < 1.29 is 0 Å². The predicted octanol–water partition coefficient (Wildman–Crippen LogP) is 4.49. The zero-order valence-electron chi connectivity index (χ0n) is 15.6. The van der Waals surface area contributed by atoms with Crippen LogP contribution in [0, 0.1) is 6.92 Å². The van der Waals surface area contributed by atoms with Crippen molar-refractivity contribution in [3.63, 3.8) is 0 Å². The number of fused-ring (bicyclic) bond motifs is 1. The molecule has 0 unspecified atom stereocenters. The fraction of sp³-hybridized carbons (Fsp3) is 0.364. The van der Waals surface area contributed by atoms with Gasteiger partial charge in [0.15, 0.2) is 5.84 Å². The quantitative estimate of drug-likeness (QED) is 0.693. The Morgan fingerprint density at radius 2 is 1.85 bits per heavy atom. The van der Waals surface area contributed by atoms with Crippen LogP contribution < -0.4 is 0 Å². The molecule has 0 bridgehead atoms. The Morgan fingerprint density at radius 1 is 1.00 bits per heavy atom. The maximum absolute atomic E-state index is 4.80. The predicted molar refractivity (Wildman–Crippen MR) is 109 cm³/mol. The van der Waals surface area contributed by atoms with Crippen molar-refractivity contribution in [1.29, 1.82) is 0 Å². The summed E-state index contributed by atoms with van der Waals surface area (Å²) in [5, 5.41) is 8.88. The van der Waals surface area contributed by atoms with Gasteiger partial charge in [-0.3, -0.25) is 4.99 Å². The van der Waals surface area contributed by atoms with Gasteiger partial charge in [0.1, 0.15) is 5.52 Å². The molecule has 0 spiro atoms. The summed E-state index contributed by atoms with van der Waals surface area (Å²) in [5.41, 5.74) is 6.52. The maximum atomic E-state index is 4.80. The van der Waals surface area contributed by atoms with E-state index in [9.17, 15) is 0 Å². The van der Waals surface area contributed by atoms with Gasteiger partial charge >= 0.3 is 0 Å². The number of nitrogens with zero attached hydrogens (tertiary/aromatic N) is 5. The topological polar surface area (TPSA) is 55.4 Å². The van der Waals surface area contributed by atoms with Crippen LogP contribution in [0.3, 0.4) is 0 Å². The molecule has 136 valence electrons. The standard InChI is InChI=1S/C22H23N5/c1-15-7-5-6-10-18(15)20-14-23-22(24-20)16-11-12-21-19(13-16)25-26-27(21)17-8-3-2-4-9-17/h5-7,10-13,17H,2-4,8-9,14H2,1H3. The summed E-state index contributed by atoms with van der Waals surface area (Å²) in [4.78, 5) is 9.47. The van der Waals surface area contributed by atoms with Crippen molar-refractivity contribution in [2.24, 2.45) is 9.98 Å². The number of amidine groups is 1. The lowest BCUT2D eigenvalue weighted by atomic mass is 9.95. The number of benzene rings is 2. The average Bonchev–Trinajstić information content (AvgIpc) is 3.36. The molecule has 0 saturated heterocycles. The van der Waals surface area contributed by atoms with Crippen LogP contribution in [0.15, 0.2) is 52.4 Å². The van der Waals surface area contributed by atoms with Crippen LogP contribution in [0.5, 0.6) is 0 Å². The molecule has 2 heterocycles. The molecule has 0 radical (unpaired) electrons. The van der Waals surface area contributed by atoms with Crippen LogP contribution >= 0.6 is 0 Å². The highest BCUT2D eigenvalue weighted by Gasteiger charge is 2.20. The monoisotopic (exact) mass is 357 g/mol. The lowest BCUT2D eigenvalue weighted by Crippen LogP contribution is -2.14. The molecule has 1 saturated carbocycles. The SMILES string of the molecule is Cc1ccccc1C1=NC(c2ccc3c(c2)nnn3C2CCCCC2)=NC1. The van der Waals surface area contributed by atoms with E-state index in [4.69, 9.17) is 4.99 Å². The molecule has 5 heteroatoms. The average molecular weight is 357 g/mol. The van der Waals surface area contributed by atoms with Crippen LogP contribution in [-0.2, 0) is 0 Å². The zero-order chi connectivity index (χ0) is 18.2. The summed E-state index contributed by atoms with van der Waals surface area (Å²) in [6, 6.07) is 15.1. The third kappa shape index (κ3) is 2.97. The molecular weight excluding hydrogens is 334 g/mol. The Bertz CT molecular complexity index is 1050. The van der Waals surface area contributed by atoms with E-state index in [-0.39, 0.29) is 0 Å². The van der Waals surface area contributed by atoms with Gasteiger partial charge in [-0.1, -0.05) is 48.7 Å². The smallest absolute Gasteiger partial charge is 0.155 e. The van der Waals surface area contributed by atoms with E-state index < -0.39 is 0 Å². The first-order valence-electron chi connectivity index (χ1n) is 9.83. The number of aliphatic imine (C=N–C) groups is 2. The van der Waals surface area contributed by atoms with E-state index in [2.05, 4.69) is 69.4 Å². The van der Waals surface area contributed by atoms with Crippen LogP contribution in [0.25, 0.3) is 11.0 Å². The van der Waals surface area contributed by atoms with Gasteiger partial charge in [0, 0.05) is 11.1 Å². The van der Waals surface area contributed by atoms with E-state index in [0.29, 0.717) is 12.6 Å². The second-order valence-electron chi connectivity index (χ2n) is 7.54. The summed E-state index contributed by atoms with van der Waals surface area (Å²) in [6.07, 6.45) is 6.33. The Labute approximate surface area is 158 Å². The molecule has 1 aliphatic heterocycles. The van der Waals surface area contributed by atoms with Crippen molar-refractivity contribution in [3.8, 4) is 0 Å². The number of rotatable bonds is 3. The molecule has 1 aromatic heterocycles. The summed E-state index contributed by atoms with van der Waals surface area (Å²) >= 11 is 0. The summed E-state index contributed by atoms with van der Waals surface area (Å²) < 4.78 is 2.12. The van der Waals surface area contributed by atoms with Crippen molar-refractivity contribution in [2.45, 2.75) is 45.1 Å². The van der Waals surface area contributed by atoms with Gasteiger partial charge in [-0.15, -0.1) is 5.10 Å². The molecule has 3 aromatic rings. The van der Waals surface area contributed by atoms with Crippen molar-refractivity contribution in [3.05, 3.63) is 59.2 Å². The van der Waals surface area contributed by atoms with Crippen LogP contribution in [0.4, 0.5) is 0 Å². The number of aryl methyl sites for hydroxylation is 1. The molecule has 0 atom stereocenters. The fourth-order valence-corrected chi connectivity index (χ4v) is 4.22. The first-order valence-corrected chi connectivity index (χ1v) is 9.83. The zero-order valence-corrected chi connectivity index (χ0v) is 15.6. The molecule has 27 heavy (non-hydrogen) atoms. The number of hydrogen-bond donors (Lipinski definition) is 0. The normalized spacial score (nSPS) is 18.0. The van der Waals surface area contributed by atoms with Gasteiger partial charge in [0.25, 0.3) is 0 Å². The lowest BCUT2D eigenvalue weighted by molar-refractivity contribution is 0.331. The highest BCUT2D eigenvalue weighted by atomic mass is 15.4. The van der Waals surface area contributed by atoms with Gasteiger partial charge in [-0.05, 0) is 43.5 Å². The molecule has 1 fully saturated rings. The number of aromatic nitrogens is 3. The minimum Gasteiger partial charge on any atom is -0.260 e. The van der Waals surface area contributed by atoms with Crippen molar-refractivity contribution in [2.75, 3.05) is 6.54 Å². The lowest BCUT2D eigenvalue weighted by Gasteiger charge is -2.21. The van der Waals surface area contributed by atoms with E-state index in [1.54, 1.807) is 0 Å². The van der Waals surface area contributed by atoms with Crippen LogP contribution in [0.1, 0.15) is 54.8 Å². The van der Waals surface area contributed by atoms with Crippen LogP contribution in [0.2, 0.25) is 0 Å². The first kappa shape index (κ1) is 16.4. The summed E-state index contributed by atoms with van der Waals surface area (Å²) in [5.74, 6) is 0.794. The molecule has 1 aliphatic carbocycles. The fourth-order valence-electron chi connectivity index (χ4n) is 4.22. The van der Waals surface area contributed by atoms with E-state index in [0.717, 1.165) is 28.1 Å². The Hall–Kier alpha value is -2.82. The molecule has 5 nitrogen and oxygen atoms in total. The summed E-state index contributed by atoms with van der Waals surface area (Å²) in [6.45, 7) is 2.75. The van der Waals surface area contributed by atoms with Gasteiger partial charge in [-0.25, -0.2) is 9.67 Å². The van der Waals surface area contributed by atoms with Crippen LogP contribution in [-0.4, -0.2) is 33.1 Å². The summed E-state index contributed by atoms with van der Waals surface area (Å²) in [7, 11) is 0. The molecule has 2 aliphatic rings. The third-order valence-corrected chi connectivity index (χ3v) is 5.73. The Kier molecular flexibility index (Phi) is 4.07. The Balaban J connectivity index is 1.45. The van der Waals surface area contributed by atoms with Gasteiger partial charge < -0.3 is 0 Å². The van der Waals surface area contributed by atoms with E-state index in [1.807, 2.05) is 0 Å². The third-order valence-electron chi connectivity index (χ3n) is 5.73. The molecule has 5 rings (SSSR count). The van der Waals surface area contributed by atoms with Gasteiger partial charge in [0.05, 0.1) is 23.8 Å². The maximum Gasteiger partial charge on any atom is 0.155 e. The minimum atomic E-state index is 0.490. The van der Waals surface area contributed by atoms with E-state index in [1.165, 1.54) is 43.2 Å². The Morgan fingerprint density at radius 3 is 2.70 bits per heavy atom. The van der Waals surface area contributed by atoms with E-state index >= 15 is 0 Å². The number of hydrogen-bond acceptors (Lipinski definition) is 4. The van der Waals surface area contributed by atoms with Crippen molar-refractivity contribution >= 4 is 22.6 Å². The molecule has 0 amide bonds. The molecule has 0 N–H and O–H groups in total. The first-order chi connectivity index (χ1) is 13.3. The van der Waals surface area contributed by atoms with Gasteiger partial charge in [0.2, 0.25) is 0 Å². The molecular formula is C22H23N5. The highest BCUT2D eigenvalue weighted by molar-refractivity contribution is 6.18. The molecule has 2 aromatic carbocycles. The minimum absolute atomic E-state index is 0.490. The van der Waals surface area contributed by atoms with Crippen molar-refractivity contribution in [1.82, 2.24) is 15.0 Å².